The Labute approximate surface area is 60.0 Å². The number of alkyl halides is 1. The van der Waals surface area contributed by atoms with Crippen LogP contribution in [0.5, 0.6) is 0 Å². The summed E-state index contributed by atoms with van der Waals surface area (Å²) in [5, 5.41) is 9.60. The summed E-state index contributed by atoms with van der Waals surface area (Å²) < 4.78 is 0. The molecule has 1 N–H and O–H groups in total. The average molecular weight is 147 g/mol. The van der Waals surface area contributed by atoms with E-state index in [4.69, 9.17) is 11.6 Å². The highest BCUT2D eigenvalue weighted by atomic mass is 35.5. The molecule has 0 radical (unpaired) electrons. The molecule has 2 rings (SSSR count). The monoisotopic (exact) mass is 146 g/mol. The van der Waals surface area contributed by atoms with E-state index in [1.165, 1.54) is 6.42 Å². The second-order valence-electron chi connectivity index (χ2n) is 3.25. The molecule has 0 spiro atoms. The normalized spacial score (nSPS) is 56.7. The molecule has 2 bridgehead atoms. The van der Waals surface area contributed by atoms with Crippen LogP contribution < -0.4 is 0 Å². The van der Waals surface area contributed by atoms with Crippen molar-refractivity contribution in [1.82, 2.24) is 0 Å². The van der Waals surface area contributed by atoms with Crippen molar-refractivity contribution in [3.05, 3.63) is 0 Å². The zero-order chi connectivity index (χ0) is 6.43. The molecule has 2 fully saturated rings. The smallest absolute Gasteiger partial charge is 0.0585 e. The van der Waals surface area contributed by atoms with Gasteiger partial charge >= 0.3 is 0 Å². The van der Waals surface area contributed by atoms with Gasteiger partial charge in [-0.25, -0.2) is 0 Å². The number of fused-ring (bicyclic) bond motifs is 2. The largest absolute Gasteiger partial charge is 0.393 e. The standard InChI is InChI=1S/C7H11ClO/c8-7-4-1-2-5(7)6(9)3-4/h4-7,9H,1-3H2/t4-,5+,6+,7-/m0/s1. The Bertz CT molecular complexity index is 126. The molecule has 4 atom stereocenters. The van der Waals surface area contributed by atoms with Crippen LogP contribution in [0.2, 0.25) is 0 Å². The van der Waals surface area contributed by atoms with E-state index in [-0.39, 0.29) is 6.10 Å². The third-order valence-corrected chi connectivity index (χ3v) is 3.45. The van der Waals surface area contributed by atoms with Gasteiger partial charge < -0.3 is 5.11 Å². The van der Waals surface area contributed by atoms with Gasteiger partial charge in [-0.2, -0.15) is 0 Å². The van der Waals surface area contributed by atoms with Gasteiger partial charge in [-0.3, -0.25) is 0 Å². The van der Waals surface area contributed by atoms with Gasteiger partial charge in [-0.15, -0.1) is 11.6 Å². The number of hydrogen-bond acceptors (Lipinski definition) is 1. The maximum atomic E-state index is 9.31. The van der Waals surface area contributed by atoms with Gasteiger partial charge in [-0.1, -0.05) is 0 Å². The number of rotatable bonds is 0. The van der Waals surface area contributed by atoms with Crippen molar-refractivity contribution in [2.45, 2.75) is 30.7 Å². The van der Waals surface area contributed by atoms with Crippen LogP contribution in [-0.2, 0) is 0 Å². The first kappa shape index (κ1) is 5.99. The lowest BCUT2D eigenvalue weighted by molar-refractivity contribution is 0.114. The third kappa shape index (κ3) is 0.714. The van der Waals surface area contributed by atoms with Crippen molar-refractivity contribution in [2.75, 3.05) is 0 Å². The molecular weight excluding hydrogens is 136 g/mol. The van der Waals surface area contributed by atoms with Crippen LogP contribution in [0.15, 0.2) is 0 Å². The van der Waals surface area contributed by atoms with Crippen LogP contribution in [0, 0.1) is 11.8 Å². The van der Waals surface area contributed by atoms with Crippen molar-refractivity contribution in [3.8, 4) is 0 Å². The van der Waals surface area contributed by atoms with Crippen molar-refractivity contribution in [3.63, 3.8) is 0 Å². The molecule has 0 unspecified atom stereocenters. The molecule has 0 heterocycles. The molecule has 0 aromatic carbocycles. The molecular formula is C7H11ClO. The Morgan fingerprint density at radius 2 is 2.11 bits per heavy atom. The minimum Gasteiger partial charge on any atom is -0.393 e. The zero-order valence-electron chi connectivity index (χ0n) is 5.26. The predicted octanol–water partition coefficient (Wildman–Crippen LogP) is 1.38. The first-order valence-corrected chi connectivity index (χ1v) is 4.05. The minimum atomic E-state index is -0.0775. The van der Waals surface area contributed by atoms with Crippen molar-refractivity contribution < 1.29 is 5.11 Å². The number of hydrogen-bond donors (Lipinski definition) is 1. The third-order valence-electron chi connectivity index (χ3n) is 2.77. The molecule has 0 amide bonds. The second-order valence-corrected chi connectivity index (χ2v) is 3.75. The molecule has 0 aliphatic heterocycles. The van der Waals surface area contributed by atoms with Gasteiger partial charge in [0.2, 0.25) is 0 Å². The molecule has 2 saturated carbocycles. The van der Waals surface area contributed by atoms with E-state index in [1.807, 2.05) is 0 Å². The number of aliphatic hydroxyl groups is 1. The van der Waals surface area contributed by atoms with E-state index in [0.717, 1.165) is 12.8 Å². The first-order valence-electron chi connectivity index (χ1n) is 3.61. The van der Waals surface area contributed by atoms with Crippen LogP contribution in [-0.4, -0.2) is 16.6 Å². The lowest BCUT2D eigenvalue weighted by Crippen LogP contribution is -2.16. The van der Waals surface area contributed by atoms with Crippen LogP contribution in [0.1, 0.15) is 19.3 Å². The highest BCUT2D eigenvalue weighted by Crippen LogP contribution is 2.47. The second kappa shape index (κ2) is 1.86. The molecule has 2 aliphatic rings. The van der Waals surface area contributed by atoms with Crippen LogP contribution in [0.25, 0.3) is 0 Å². The molecule has 0 aromatic heterocycles. The van der Waals surface area contributed by atoms with Gasteiger partial charge in [0.05, 0.1) is 6.10 Å². The molecule has 0 aromatic rings. The summed E-state index contributed by atoms with van der Waals surface area (Å²) >= 11 is 6.01. The molecule has 52 valence electrons. The minimum absolute atomic E-state index is 0.0775. The highest BCUT2D eigenvalue weighted by Gasteiger charge is 2.46. The number of aliphatic hydroxyl groups excluding tert-OH is 1. The molecule has 1 nitrogen and oxygen atoms in total. The van der Waals surface area contributed by atoms with Gasteiger partial charge in [0.15, 0.2) is 0 Å². The van der Waals surface area contributed by atoms with E-state index in [9.17, 15) is 5.11 Å². The number of halogens is 1. The lowest BCUT2D eigenvalue weighted by atomic mass is 9.98. The molecule has 2 heteroatoms. The summed E-state index contributed by atoms with van der Waals surface area (Å²) in [6.07, 6.45) is 3.28. The predicted molar refractivity (Wildman–Crippen MR) is 36.5 cm³/mol. The summed E-state index contributed by atoms with van der Waals surface area (Å²) in [5.74, 6) is 1.06. The van der Waals surface area contributed by atoms with E-state index in [0.29, 0.717) is 17.2 Å². The zero-order valence-corrected chi connectivity index (χ0v) is 6.01. The Kier molecular flexibility index (Phi) is 1.24. The fourth-order valence-corrected chi connectivity index (χ4v) is 2.73. The first-order chi connectivity index (χ1) is 4.29. The Morgan fingerprint density at radius 3 is 2.33 bits per heavy atom. The summed E-state index contributed by atoms with van der Waals surface area (Å²) in [4.78, 5) is 0. The topological polar surface area (TPSA) is 20.2 Å². The van der Waals surface area contributed by atoms with Crippen molar-refractivity contribution >= 4 is 11.6 Å². The van der Waals surface area contributed by atoms with Crippen LogP contribution >= 0.6 is 11.6 Å². The Hall–Kier alpha value is 0.250. The highest BCUT2D eigenvalue weighted by molar-refractivity contribution is 6.21. The fourth-order valence-electron chi connectivity index (χ4n) is 2.21. The summed E-state index contributed by atoms with van der Waals surface area (Å²) in [6.45, 7) is 0. The van der Waals surface area contributed by atoms with Gasteiger partial charge in [0, 0.05) is 11.3 Å². The Balaban J connectivity index is 2.16. The maximum absolute atomic E-state index is 9.31. The van der Waals surface area contributed by atoms with E-state index in [1.54, 1.807) is 0 Å². The summed E-state index contributed by atoms with van der Waals surface area (Å²) in [6, 6.07) is 0. The summed E-state index contributed by atoms with van der Waals surface area (Å²) in [5.41, 5.74) is 0. The lowest BCUT2D eigenvalue weighted by Gasteiger charge is -2.14. The quantitative estimate of drug-likeness (QED) is 0.512. The van der Waals surface area contributed by atoms with Crippen molar-refractivity contribution in [1.29, 1.82) is 0 Å². The van der Waals surface area contributed by atoms with Gasteiger partial charge in [-0.05, 0) is 25.2 Å². The molecule has 2 aliphatic carbocycles. The van der Waals surface area contributed by atoms with E-state index in [2.05, 4.69) is 0 Å². The fraction of sp³-hybridized carbons (Fsp3) is 1.00. The van der Waals surface area contributed by atoms with Crippen LogP contribution in [0.4, 0.5) is 0 Å². The Morgan fingerprint density at radius 1 is 1.33 bits per heavy atom. The van der Waals surface area contributed by atoms with Crippen LogP contribution in [0.3, 0.4) is 0 Å². The molecule has 9 heavy (non-hydrogen) atoms. The van der Waals surface area contributed by atoms with E-state index >= 15 is 0 Å². The van der Waals surface area contributed by atoms with Crippen molar-refractivity contribution in [2.24, 2.45) is 11.8 Å². The van der Waals surface area contributed by atoms with Gasteiger partial charge in [0.1, 0.15) is 0 Å². The summed E-state index contributed by atoms with van der Waals surface area (Å²) in [7, 11) is 0. The van der Waals surface area contributed by atoms with Gasteiger partial charge in [0.25, 0.3) is 0 Å². The van der Waals surface area contributed by atoms with E-state index < -0.39 is 0 Å². The molecule has 0 saturated heterocycles. The average Bonchev–Trinajstić information content (AvgIpc) is 2.25. The SMILES string of the molecule is O[C@@H]1C[C@@H]2CC[C@H]1[C@H]2Cl. The maximum Gasteiger partial charge on any atom is 0.0585 e.